The standard InChI is InChI=1S/C19H14O3/c1-21-11-22-19-15(10-20)9-14-6-5-12-3-2-4-13-7-8-16(19)18(14)17(12)13/h2-10H,11H2,1H3. The molecule has 0 spiro atoms. The zero-order chi connectivity index (χ0) is 15.1. The van der Waals surface area contributed by atoms with Gasteiger partial charge < -0.3 is 9.47 Å². The third kappa shape index (κ3) is 1.76. The van der Waals surface area contributed by atoms with Gasteiger partial charge >= 0.3 is 0 Å². The first-order valence-electron chi connectivity index (χ1n) is 7.11. The fraction of sp³-hybridized carbons (Fsp3) is 0.105. The number of ether oxygens (including phenoxy) is 2. The van der Waals surface area contributed by atoms with Crippen LogP contribution in [0.25, 0.3) is 32.3 Å². The van der Waals surface area contributed by atoms with Crippen LogP contribution in [0.5, 0.6) is 5.75 Å². The Hall–Kier alpha value is -2.65. The quantitative estimate of drug-likeness (QED) is 0.318. The first kappa shape index (κ1) is 13.0. The first-order chi connectivity index (χ1) is 10.8. The van der Waals surface area contributed by atoms with Crippen LogP contribution in [0.2, 0.25) is 0 Å². The fourth-order valence-electron chi connectivity index (χ4n) is 3.17. The average Bonchev–Trinajstić information content (AvgIpc) is 2.57. The predicted molar refractivity (Wildman–Crippen MR) is 88.0 cm³/mol. The van der Waals surface area contributed by atoms with Crippen LogP contribution in [0, 0.1) is 0 Å². The summed E-state index contributed by atoms with van der Waals surface area (Å²) in [5.74, 6) is 0.586. The number of carbonyl (C=O) groups is 1. The van der Waals surface area contributed by atoms with Crippen LogP contribution in [0.1, 0.15) is 10.4 Å². The van der Waals surface area contributed by atoms with E-state index >= 15 is 0 Å². The Balaban J connectivity index is 2.19. The molecule has 3 heteroatoms. The van der Waals surface area contributed by atoms with Crippen LogP contribution in [-0.2, 0) is 4.74 Å². The van der Waals surface area contributed by atoms with Crippen molar-refractivity contribution in [2.24, 2.45) is 0 Å². The largest absolute Gasteiger partial charge is 0.466 e. The molecule has 4 aromatic rings. The van der Waals surface area contributed by atoms with E-state index in [2.05, 4.69) is 36.4 Å². The lowest BCUT2D eigenvalue weighted by Gasteiger charge is -2.16. The van der Waals surface area contributed by atoms with Crippen LogP contribution >= 0.6 is 0 Å². The van der Waals surface area contributed by atoms with Crippen LogP contribution in [-0.4, -0.2) is 20.2 Å². The highest BCUT2D eigenvalue weighted by molar-refractivity contribution is 6.25. The van der Waals surface area contributed by atoms with E-state index in [1.807, 2.05) is 12.1 Å². The Morgan fingerprint density at radius 3 is 2.41 bits per heavy atom. The molecule has 0 atom stereocenters. The van der Waals surface area contributed by atoms with Gasteiger partial charge in [0, 0.05) is 17.9 Å². The number of carbonyl (C=O) groups excluding carboxylic acids is 1. The average molecular weight is 290 g/mol. The number of hydrogen-bond acceptors (Lipinski definition) is 3. The van der Waals surface area contributed by atoms with Gasteiger partial charge in [0.2, 0.25) is 0 Å². The van der Waals surface area contributed by atoms with Crippen molar-refractivity contribution in [3.05, 3.63) is 54.1 Å². The Kier molecular flexibility index (Phi) is 2.94. The van der Waals surface area contributed by atoms with Crippen LogP contribution in [0.3, 0.4) is 0 Å². The first-order valence-corrected chi connectivity index (χ1v) is 7.11. The van der Waals surface area contributed by atoms with Gasteiger partial charge in [-0.25, -0.2) is 0 Å². The van der Waals surface area contributed by atoms with Crippen LogP contribution < -0.4 is 4.74 Å². The summed E-state index contributed by atoms with van der Waals surface area (Å²) in [7, 11) is 1.57. The van der Waals surface area contributed by atoms with E-state index < -0.39 is 0 Å². The third-order valence-electron chi connectivity index (χ3n) is 4.07. The number of methoxy groups -OCH3 is 1. The summed E-state index contributed by atoms with van der Waals surface area (Å²) in [4.78, 5) is 11.4. The summed E-state index contributed by atoms with van der Waals surface area (Å²) in [5.41, 5.74) is 0.544. The molecule has 0 aliphatic rings. The molecule has 3 nitrogen and oxygen atoms in total. The monoisotopic (exact) mass is 290 g/mol. The summed E-state index contributed by atoms with van der Waals surface area (Å²) in [6.45, 7) is 0.116. The molecule has 0 radical (unpaired) electrons. The van der Waals surface area contributed by atoms with Crippen molar-refractivity contribution in [1.29, 1.82) is 0 Å². The third-order valence-corrected chi connectivity index (χ3v) is 4.07. The molecule has 0 amide bonds. The predicted octanol–water partition coefficient (Wildman–Crippen LogP) is 4.38. The Bertz CT molecular complexity index is 972. The summed E-state index contributed by atoms with van der Waals surface area (Å²) in [6, 6.07) is 16.4. The molecule has 0 aromatic heterocycles. The smallest absolute Gasteiger partial charge is 0.188 e. The maximum absolute atomic E-state index is 11.4. The zero-order valence-electron chi connectivity index (χ0n) is 12.1. The molecule has 0 saturated carbocycles. The number of aldehydes is 1. The van der Waals surface area contributed by atoms with Crippen molar-refractivity contribution in [1.82, 2.24) is 0 Å². The van der Waals surface area contributed by atoms with Crippen LogP contribution in [0.4, 0.5) is 0 Å². The maximum atomic E-state index is 11.4. The van der Waals surface area contributed by atoms with E-state index in [1.54, 1.807) is 7.11 Å². The van der Waals surface area contributed by atoms with Gasteiger partial charge in [-0.05, 0) is 33.7 Å². The van der Waals surface area contributed by atoms with Crippen molar-refractivity contribution < 1.29 is 14.3 Å². The van der Waals surface area contributed by atoms with E-state index in [9.17, 15) is 4.79 Å². The lowest BCUT2D eigenvalue weighted by atomic mass is 9.92. The molecule has 0 fully saturated rings. The second kappa shape index (κ2) is 4.97. The van der Waals surface area contributed by atoms with Crippen molar-refractivity contribution >= 4 is 38.6 Å². The number of benzene rings is 4. The van der Waals surface area contributed by atoms with Gasteiger partial charge in [-0.15, -0.1) is 0 Å². The minimum atomic E-state index is 0.116. The van der Waals surface area contributed by atoms with Gasteiger partial charge in [0.15, 0.2) is 13.1 Å². The van der Waals surface area contributed by atoms with Gasteiger partial charge in [0.05, 0.1) is 5.56 Å². The summed E-state index contributed by atoms with van der Waals surface area (Å²) >= 11 is 0. The minimum Gasteiger partial charge on any atom is -0.466 e. The molecular formula is C19H14O3. The lowest BCUT2D eigenvalue weighted by molar-refractivity contribution is 0.0517. The minimum absolute atomic E-state index is 0.116. The van der Waals surface area contributed by atoms with Gasteiger partial charge in [-0.3, -0.25) is 4.79 Å². The molecular weight excluding hydrogens is 276 g/mol. The fourth-order valence-corrected chi connectivity index (χ4v) is 3.17. The van der Waals surface area contributed by atoms with E-state index in [-0.39, 0.29) is 6.79 Å². The summed E-state index contributed by atoms with van der Waals surface area (Å²) < 4.78 is 10.7. The highest BCUT2D eigenvalue weighted by Crippen LogP contribution is 2.40. The van der Waals surface area contributed by atoms with Crippen LogP contribution in [0.15, 0.2) is 48.5 Å². The Morgan fingerprint density at radius 1 is 0.955 bits per heavy atom. The molecule has 0 aliphatic carbocycles. The summed E-state index contributed by atoms with van der Waals surface area (Å²) in [5, 5.41) is 6.70. The summed E-state index contributed by atoms with van der Waals surface area (Å²) in [6.07, 6.45) is 0.833. The van der Waals surface area contributed by atoms with E-state index in [4.69, 9.17) is 9.47 Å². The normalized spacial score (nSPS) is 11.5. The van der Waals surface area contributed by atoms with E-state index in [0.717, 1.165) is 22.4 Å². The van der Waals surface area contributed by atoms with E-state index in [1.165, 1.54) is 16.2 Å². The molecule has 0 heterocycles. The van der Waals surface area contributed by atoms with E-state index in [0.29, 0.717) is 11.3 Å². The molecule has 4 aromatic carbocycles. The van der Waals surface area contributed by atoms with Gasteiger partial charge in [0.1, 0.15) is 5.75 Å². The maximum Gasteiger partial charge on any atom is 0.188 e. The molecule has 0 aliphatic heterocycles. The van der Waals surface area contributed by atoms with Gasteiger partial charge in [-0.1, -0.05) is 36.4 Å². The topological polar surface area (TPSA) is 35.5 Å². The highest BCUT2D eigenvalue weighted by atomic mass is 16.7. The SMILES string of the molecule is COCOc1c(C=O)cc2ccc3cccc4ccc1c2c34. The zero-order valence-corrected chi connectivity index (χ0v) is 12.1. The molecule has 108 valence electrons. The second-order valence-electron chi connectivity index (χ2n) is 5.32. The second-order valence-corrected chi connectivity index (χ2v) is 5.32. The molecule has 0 saturated heterocycles. The highest BCUT2D eigenvalue weighted by Gasteiger charge is 2.15. The van der Waals surface area contributed by atoms with Gasteiger partial charge in [0.25, 0.3) is 0 Å². The number of rotatable bonds is 4. The lowest BCUT2D eigenvalue weighted by Crippen LogP contribution is -2.02. The Morgan fingerprint density at radius 2 is 1.68 bits per heavy atom. The molecule has 4 rings (SSSR count). The molecule has 0 unspecified atom stereocenters. The number of hydrogen-bond donors (Lipinski definition) is 0. The van der Waals surface area contributed by atoms with Crippen molar-refractivity contribution in [3.63, 3.8) is 0 Å². The van der Waals surface area contributed by atoms with Crippen molar-refractivity contribution in [3.8, 4) is 5.75 Å². The Labute approximate surface area is 127 Å². The van der Waals surface area contributed by atoms with Crippen molar-refractivity contribution in [2.45, 2.75) is 0 Å². The van der Waals surface area contributed by atoms with Gasteiger partial charge in [-0.2, -0.15) is 0 Å². The molecule has 0 bridgehead atoms. The molecule has 0 N–H and O–H groups in total. The van der Waals surface area contributed by atoms with Crippen molar-refractivity contribution in [2.75, 3.05) is 13.9 Å². The molecule has 22 heavy (non-hydrogen) atoms.